The Morgan fingerprint density at radius 1 is 1.29 bits per heavy atom. The zero-order valence-electron chi connectivity index (χ0n) is 10.6. The van der Waals surface area contributed by atoms with Gasteiger partial charge in [-0.25, -0.2) is 9.59 Å². The van der Waals surface area contributed by atoms with Crippen LogP contribution in [-0.4, -0.2) is 44.1 Å². The van der Waals surface area contributed by atoms with Gasteiger partial charge < -0.3 is 14.4 Å². The van der Waals surface area contributed by atoms with Crippen molar-refractivity contribution in [2.45, 2.75) is 19.8 Å². The van der Waals surface area contributed by atoms with Crippen molar-refractivity contribution in [1.82, 2.24) is 4.90 Å². The van der Waals surface area contributed by atoms with E-state index in [2.05, 4.69) is 16.4 Å². The van der Waals surface area contributed by atoms with E-state index in [0.717, 1.165) is 25.9 Å². The van der Waals surface area contributed by atoms with Crippen LogP contribution in [-0.2, 0) is 19.1 Å². The average Bonchev–Trinajstić information content (AvgIpc) is 2.34. The van der Waals surface area contributed by atoms with Gasteiger partial charge in [0.25, 0.3) is 0 Å². The minimum Gasteiger partial charge on any atom is -0.466 e. The molecule has 0 aromatic rings. The molecule has 1 aliphatic heterocycles. The fraction of sp³-hybridized carbons (Fsp3) is 0.667. The van der Waals surface area contributed by atoms with Gasteiger partial charge in [-0.3, -0.25) is 0 Å². The summed E-state index contributed by atoms with van der Waals surface area (Å²) >= 11 is 0. The summed E-state index contributed by atoms with van der Waals surface area (Å²) in [6.07, 6.45) is 3.35. The molecule has 1 aliphatic rings. The normalized spacial score (nSPS) is 21.0. The molecule has 1 fully saturated rings. The quantitative estimate of drug-likeness (QED) is 0.544. The van der Waals surface area contributed by atoms with Gasteiger partial charge in [-0.05, 0) is 18.8 Å². The molecule has 0 aromatic carbocycles. The Bertz CT molecular complexity index is 324. The number of ether oxygens (including phenoxy) is 2. The fourth-order valence-electron chi connectivity index (χ4n) is 1.96. The van der Waals surface area contributed by atoms with Crippen LogP contribution in [0.15, 0.2) is 11.8 Å². The van der Waals surface area contributed by atoms with Crippen LogP contribution in [0.2, 0.25) is 0 Å². The second-order valence-electron chi connectivity index (χ2n) is 4.24. The molecule has 0 aliphatic carbocycles. The second kappa shape index (κ2) is 6.27. The maximum atomic E-state index is 11.6. The Hall–Kier alpha value is -1.52. The number of methoxy groups -OCH3 is 2. The van der Waals surface area contributed by atoms with E-state index in [1.165, 1.54) is 20.3 Å². The fourth-order valence-corrected chi connectivity index (χ4v) is 1.96. The summed E-state index contributed by atoms with van der Waals surface area (Å²) in [5, 5.41) is 0. The van der Waals surface area contributed by atoms with E-state index in [1.807, 2.05) is 4.90 Å². The van der Waals surface area contributed by atoms with Gasteiger partial charge in [0, 0.05) is 13.1 Å². The van der Waals surface area contributed by atoms with Crippen LogP contribution >= 0.6 is 0 Å². The topological polar surface area (TPSA) is 55.8 Å². The summed E-state index contributed by atoms with van der Waals surface area (Å²) in [6.45, 7) is 3.65. The SMILES string of the molecule is COC(=O)/C=C(\C(=O)OC)N1CCCC(C)C1. The van der Waals surface area contributed by atoms with Gasteiger partial charge in [-0.15, -0.1) is 0 Å². The van der Waals surface area contributed by atoms with Crippen LogP contribution in [0.1, 0.15) is 19.8 Å². The van der Waals surface area contributed by atoms with Gasteiger partial charge in [0.1, 0.15) is 5.70 Å². The highest BCUT2D eigenvalue weighted by Crippen LogP contribution is 2.20. The van der Waals surface area contributed by atoms with Crippen molar-refractivity contribution < 1.29 is 19.1 Å². The first kappa shape index (κ1) is 13.5. The van der Waals surface area contributed by atoms with Crippen molar-refractivity contribution in [3.05, 3.63) is 11.8 Å². The molecule has 0 aromatic heterocycles. The molecule has 1 saturated heterocycles. The van der Waals surface area contributed by atoms with Crippen molar-refractivity contribution in [3.8, 4) is 0 Å². The zero-order chi connectivity index (χ0) is 12.8. The minimum atomic E-state index is -0.538. The van der Waals surface area contributed by atoms with Gasteiger partial charge in [0.15, 0.2) is 0 Å². The molecular formula is C12H19NO4. The van der Waals surface area contributed by atoms with Crippen LogP contribution < -0.4 is 0 Å². The van der Waals surface area contributed by atoms with E-state index in [4.69, 9.17) is 0 Å². The number of rotatable bonds is 3. The van der Waals surface area contributed by atoms with Crippen LogP contribution in [0.25, 0.3) is 0 Å². The number of nitrogens with zero attached hydrogens (tertiary/aromatic N) is 1. The Morgan fingerprint density at radius 2 is 2.00 bits per heavy atom. The number of carbonyl (C=O) groups is 2. The van der Waals surface area contributed by atoms with E-state index in [-0.39, 0.29) is 5.70 Å². The number of likely N-dealkylation sites (tertiary alicyclic amines) is 1. The predicted octanol–water partition coefficient (Wildman–Crippen LogP) is 0.948. The molecule has 1 heterocycles. The van der Waals surface area contributed by atoms with Crippen LogP contribution in [0.4, 0.5) is 0 Å². The highest BCUT2D eigenvalue weighted by molar-refractivity contribution is 5.95. The molecule has 0 radical (unpaired) electrons. The third-order valence-corrected chi connectivity index (χ3v) is 2.85. The molecule has 1 rings (SSSR count). The van der Waals surface area contributed by atoms with Crippen molar-refractivity contribution >= 4 is 11.9 Å². The number of piperidine rings is 1. The van der Waals surface area contributed by atoms with E-state index in [0.29, 0.717) is 5.92 Å². The molecule has 17 heavy (non-hydrogen) atoms. The van der Waals surface area contributed by atoms with E-state index in [9.17, 15) is 9.59 Å². The summed E-state index contributed by atoms with van der Waals surface area (Å²) in [5.74, 6) is -0.525. The molecule has 96 valence electrons. The lowest BCUT2D eigenvalue weighted by Gasteiger charge is -2.33. The van der Waals surface area contributed by atoms with Gasteiger partial charge in [0.2, 0.25) is 0 Å². The summed E-state index contributed by atoms with van der Waals surface area (Å²) in [6, 6.07) is 0. The Kier molecular flexibility index (Phi) is 5.00. The first-order chi connectivity index (χ1) is 8.08. The smallest absolute Gasteiger partial charge is 0.354 e. The summed E-state index contributed by atoms with van der Waals surface area (Å²) < 4.78 is 9.23. The van der Waals surface area contributed by atoms with Crippen molar-refractivity contribution in [1.29, 1.82) is 0 Å². The molecule has 0 bridgehead atoms. The monoisotopic (exact) mass is 241 g/mol. The molecule has 5 heteroatoms. The standard InChI is InChI=1S/C12H19NO4/c1-9-5-4-6-13(8-9)10(12(15)17-3)7-11(14)16-2/h7,9H,4-6,8H2,1-3H3/b10-7+. The second-order valence-corrected chi connectivity index (χ2v) is 4.24. The lowest BCUT2D eigenvalue weighted by Crippen LogP contribution is -2.37. The minimum absolute atomic E-state index is 0.283. The summed E-state index contributed by atoms with van der Waals surface area (Å²) in [4.78, 5) is 24.7. The van der Waals surface area contributed by atoms with Crippen molar-refractivity contribution in [2.75, 3.05) is 27.3 Å². The largest absolute Gasteiger partial charge is 0.466 e. The highest BCUT2D eigenvalue weighted by atomic mass is 16.5. The van der Waals surface area contributed by atoms with Crippen molar-refractivity contribution in [3.63, 3.8) is 0 Å². The Balaban J connectivity index is 2.85. The molecule has 0 saturated carbocycles. The number of hydrogen-bond donors (Lipinski definition) is 0. The third-order valence-electron chi connectivity index (χ3n) is 2.85. The lowest BCUT2D eigenvalue weighted by molar-refractivity contribution is -0.140. The molecule has 1 atom stereocenters. The molecular weight excluding hydrogens is 222 g/mol. The average molecular weight is 241 g/mol. The molecule has 0 amide bonds. The van der Waals surface area contributed by atoms with Crippen molar-refractivity contribution in [2.24, 2.45) is 5.92 Å². The highest BCUT2D eigenvalue weighted by Gasteiger charge is 2.24. The molecule has 0 N–H and O–H groups in total. The third kappa shape index (κ3) is 3.76. The number of esters is 2. The maximum absolute atomic E-state index is 11.6. The summed E-state index contributed by atoms with van der Waals surface area (Å²) in [7, 11) is 2.59. The summed E-state index contributed by atoms with van der Waals surface area (Å²) in [5.41, 5.74) is 0.283. The molecule has 5 nitrogen and oxygen atoms in total. The number of hydrogen-bond acceptors (Lipinski definition) is 5. The predicted molar refractivity (Wildman–Crippen MR) is 62.1 cm³/mol. The zero-order valence-corrected chi connectivity index (χ0v) is 10.6. The molecule has 1 unspecified atom stereocenters. The van der Waals surface area contributed by atoms with Crippen LogP contribution in [0, 0.1) is 5.92 Å². The van der Waals surface area contributed by atoms with Gasteiger partial charge in [-0.2, -0.15) is 0 Å². The van der Waals surface area contributed by atoms with Crippen LogP contribution in [0.3, 0.4) is 0 Å². The first-order valence-electron chi connectivity index (χ1n) is 5.71. The Morgan fingerprint density at radius 3 is 2.53 bits per heavy atom. The van der Waals surface area contributed by atoms with Gasteiger partial charge >= 0.3 is 11.9 Å². The van der Waals surface area contributed by atoms with Gasteiger partial charge in [0.05, 0.1) is 20.3 Å². The number of carbonyl (C=O) groups excluding carboxylic acids is 2. The molecule has 0 spiro atoms. The van der Waals surface area contributed by atoms with E-state index in [1.54, 1.807) is 0 Å². The van der Waals surface area contributed by atoms with E-state index < -0.39 is 11.9 Å². The van der Waals surface area contributed by atoms with Gasteiger partial charge in [-0.1, -0.05) is 6.92 Å². The van der Waals surface area contributed by atoms with E-state index >= 15 is 0 Å². The lowest BCUT2D eigenvalue weighted by atomic mass is 10.00. The van der Waals surface area contributed by atoms with Crippen LogP contribution in [0.5, 0.6) is 0 Å². The maximum Gasteiger partial charge on any atom is 0.354 e. The first-order valence-corrected chi connectivity index (χ1v) is 5.71. The Labute approximate surface area is 101 Å².